The quantitative estimate of drug-likeness (QED) is 0.208. The van der Waals surface area contributed by atoms with Crippen LogP contribution in [0.25, 0.3) is 0 Å². The first-order valence-electron chi connectivity index (χ1n) is 16.3. The number of carbonyl (C=O) groups excluding carboxylic acids is 1. The molecule has 0 aliphatic carbocycles. The molecule has 8 heteroatoms. The van der Waals surface area contributed by atoms with Gasteiger partial charge in [0.05, 0.1) is 25.0 Å². The number of carboxylic acid groups (broad SMARTS) is 1. The molecule has 1 spiro atoms. The average Bonchev–Trinajstić information content (AvgIpc) is 3.38. The minimum Gasteiger partial charge on any atom is -0.489 e. The summed E-state index contributed by atoms with van der Waals surface area (Å²) < 4.78 is 17.0. The molecule has 0 aromatic heterocycles. The molecule has 0 saturated carbocycles. The zero-order valence-electron chi connectivity index (χ0n) is 26.5. The van der Waals surface area contributed by atoms with Gasteiger partial charge < -0.3 is 29.1 Å². The Bertz CT molecular complexity index is 1690. The van der Waals surface area contributed by atoms with Crippen LogP contribution in [0, 0.1) is 0 Å². The number of aliphatic carboxylic acids is 1. The first-order valence-corrected chi connectivity index (χ1v) is 16.3. The highest BCUT2D eigenvalue weighted by Gasteiger charge is 2.45. The van der Waals surface area contributed by atoms with E-state index in [-0.39, 0.29) is 17.9 Å². The molecule has 1 N–H and O–H groups in total. The summed E-state index contributed by atoms with van der Waals surface area (Å²) in [6, 6.07) is 34.8. The van der Waals surface area contributed by atoms with Crippen LogP contribution in [0.3, 0.4) is 0 Å². The second kappa shape index (κ2) is 13.1. The molecule has 47 heavy (non-hydrogen) atoms. The number of anilines is 1. The molecule has 7 rings (SSSR count). The Morgan fingerprint density at radius 2 is 1.43 bits per heavy atom. The van der Waals surface area contributed by atoms with Gasteiger partial charge in [0.1, 0.15) is 19.0 Å². The van der Waals surface area contributed by atoms with Crippen molar-refractivity contribution in [1.82, 2.24) is 4.90 Å². The molecule has 3 heterocycles. The summed E-state index contributed by atoms with van der Waals surface area (Å²) >= 11 is 0. The zero-order chi connectivity index (χ0) is 32.3. The highest BCUT2D eigenvalue weighted by molar-refractivity contribution is 5.70. The van der Waals surface area contributed by atoms with E-state index < -0.39 is 11.4 Å². The van der Waals surface area contributed by atoms with Gasteiger partial charge in [0, 0.05) is 37.3 Å². The Kier molecular flexibility index (Phi) is 8.60. The average molecular weight is 633 g/mol. The SMILES string of the molecule is O=C(O)CC1(c2ccc(OCc3ccc(CN4CC5(CCN(C(=O)OCc6ccccc6)CC5)c5ccccc54)cc3)cc2)COC1. The van der Waals surface area contributed by atoms with Gasteiger partial charge in [-0.2, -0.15) is 0 Å². The summed E-state index contributed by atoms with van der Waals surface area (Å²) in [6.45, 7) is 4.72. The number of benzene rings is 4. The number of ether oxygens (including phenoxy) is 3. The molecule has 8 nitrogen and oxygen atoms in total. The summed E-state index contributed by atoms with van der Waals surface area (Å²) in [5.74, 6) is -0.0668. The van der Waals surface area contributed by atoms with Crippen LogP contribution >= 0.6 is 0 Å². The Morgan fingerprint density at radius 3 is 2.11 bits per heavy atom. The molecule has 4 aromatic rings. The third kappa shape index (κ3) is 6.56. The van der Waals surface area contributed by atoms with E-state index in [1.807, 2.05) is 59.5 Å². The summed E-state index contributed by atoms with van der Waals surface area (Å²) in [5.41, 5.74) is 6.53. The minimum atomic E-state index is -0.815. The number of amides is 1. The first-order chi connectivity index (χ1) is 22.9. The normalized spacial score (nSPS) is 17.5. The van der Waals surface area contributed by atoms with Crippen LogP contribution in [0.5, 0.6) is 5.75 Å². The van der Waals surface area contributed by atoms with E-state index in [1.54, 1.807) is 0 Å². The molecule has 0 unspecified atom stereocenters. The number of carboxylic acids is 1. The molecule has 4 aromatic carbocycles. The highest BCUT2D eigenvalue weighted by Crippen LogP contribution is 2.47. The molecule has 2 fully saturated rings. The van der Waals surface area contributed by atoms with Gasteiger partial charge in [-0.15, -0.1) is 0 Å². The Balaban J connectivity index is 0.934. The van der Waals surface area contributed by atoms with Crippen molar-refractivity contribution in [2.45, 2.75) is 49.9 Å². The van der Waals surface area contributed by atoms with Crippen LogP contribution in [0.2, 0.25) is 0 Å². The van der Waals surface area contributed by atoms with Crippen LogP contribution in [0.4, 0.5) is 10.5 Å². The fraction of sp³-hybridized carbons (Fsp3) is 0.333. The molecular weight excluding hydrogens is 592 g/mol. The number of piperidine rings is 1. The van der Waals surface area contributed by atoms with Gasteiger partial charge in [0.15, 0.2) is 0 Å². The predicted octanol–water partition coefficient (Wildman–Crippen LogP) is 6.70. The fourth-order valence-electron chi connectivity index (χ4n) is 7.27. The maximum atomic E-state index is 12.8. The van der Waals surface area contributed by atoms with E-state index in [0.29, 0.717) is 39.5 Å². The van der Waals surface area contributed by atoms with Crippen LogP contribution in [0.15, 0.2) is 103 Å². The van der Waals surface area contributed by atoms with E-state index in [1.165, 1.54) is 16.8 Å². The van der Waals surface area contributed by atoms with Gasteiger partial charge >= 0.3 is 12.1 Å². The summed E-state index contributed by atoms with van der Waals surface area (Å²) in [4.78, 5) is 28.5. The minimum absolute atomic E-state index is 0.0229. The van der Waals surface area contributed by atoms with Crippen molar-refractivity contribution in [2.75, 3.05) is 37.7 Å². The zero-order valence-corrected chi connectivity index (χ0v) is 26.5. The van der Waals surface area contributed by atoms with E-state index in [4.69, 9.17) is 14.2 Å². The number of likely N-dealkylation sites (tertiary alicyclic amines) is 1. The number of carbonyl (C=O) groups is 2. The van der Waals surface area contributed by atoms with E-state index in [0.717, 1.165) is 48.4 Å². The molecule has 2 saturated heterocycles. The van der Waals surface area contributed by atoms with Crippen LogP contribution in [0.1, 0.15) is 47.1 Å². The molecule has 242 valence electrons. The van der Waals surface area contributed by atoms with Crippen LogP contribution < -0.4 is 9.64 Å². The second-order valence-corrected chi connectivity index (χ2v) is 13.2. The monoisotopic (exact) mass is 632 g/mol. The number of nitrogens with zero attached hydrogens (tertiary/aromatic N) is 2. The third-order valence-corrected chi connectivity index (χ3v) is 10.0. The van der Waals surface area contributed by atoms with Crippen molar-refractivity contribution < 1.29 is 28.9 Å². The summed E-state index contributed by atoms with van der Waals surface area (Å²) in [7, 11) is 0. The van der Waals surface area contributed by atoms with Crippen molar-refractivity contribution in [3.8, 4) is 5.75 Å². The second-order valence-electron chi connectivity index (χ2n) is 13.2. The molecule has 1 amide bonds. The molecule has 0 bridgehead atoms. The standard InChI is InChI=1S/C39H40N2O6/c42-36(43)22-39(27-45-28-39)32-14-16-33(17-15-32)46-24-31-12-10-29(11-13-31)23-41-26-38(34-8-4-5-9-35(34)41)18-20-40(21-19-38)37(44)47-25-30-6-2-1-3-7-30/h1-17H,18-28H2,(H,42,43). The number of fused-ring (bicyclic) bond motifs is 2. The molecule has 0 atom stereocenters. The number of hydrogen-bond acceptors (Lipinski definition) is 6. The molecule has 0 radical (unpaired) electrons. The number of hydrogen-bond donors (Lipinski definition) is 1. The Labute approximate surface area is 275 Å². The Morgan fingerprint density at radius 1 is 0.766 bits per heavy atom. The maximum absolute atomic E-state index is 12.8. The van der Waals surface area contributed by atoms with Crippen molar-refractivity contribution in [3.05, 3.63) is 131 Å². The van der Waals surface area contributed by atoms with Crippen molar-refractivity contribution in [3.63, 3.8) is 0 Å². The first kappa shape index (κ1) is 30.8. The van der Waals surface area contributed by atoms with Gasteiger partial charge in [-0.3, -0.25) is 4.79 Å². The lowest BCUT2D eigenvalue weighted by Crippen LogP contribution is -2.48. The van der Waals surface area contributed by atoms with Crippen molar-refractivity contribution in [1.29, 1.82) is 0 Å². The van der Waals surface area contributed by atoms with Gasteiger partial charge in [-0.05, 0) is 58.9 Å². The third-order valence-electron chi connectivity index (χ3n) is 10.0. The lowest BCUT2D eigenvalue weighted by Gasteiger charge is -2.40. The molecule has 3 aliphatic rings. The number of rotatable bonds is 10. The Hall–Kier alpha value is -4.82. The smallest absolute Gasteiger partial charge is 0.410 e. The highest BCUT2D eigenvalue weighted by atomic mass is 16.6. The van der Waals surface area contributed by atoms with Crippen LogP contribution in [-0.4, -0.2) is 54.9 Å². The molecular formula is C39H40N2O6. The van der Waals surface area contributed by atoms with Gasteiger partial charge in [0.2, 0.25) is 0 Å². The van der Waals surface area contributed by atoms with E-state index in [9.17, 15) is 14.7 Å². The predicted molar refractivity (Wildman–Crippen MR) is 179 cm³/mol. The topological polar surface area (TPSA) is 88.5 Å². The van der Waals surface area contributed by atoms with Gasteiger partial charge in [0.25, 0.3) is 0 Å². The largest absolute Gasteiger partial charge is 0.489 e. The number of para-hydroxylation sites is 1. The van der Waals surface area contributed by atoms with Crippen molar-refractivity contribution >= 4 is 17.7 Å². The summed E-state index contributed by atoms with van der Waals surface area (Å²) in [5, 5.41) is 9.31. The fourth-order valence-corrected chi connectivity index (χ4v) is 7.27. The van der Waals surface area contributed by atoms with Gasteiger partial charge in [-0.1, -0.05) is 84.9 Å². The van der Waals surface area contributed by atoms with E-state index in [2.05, 4.69) is 53.4 Å². The molecule has 3 aliphatic heterocycles. The van der Waals surface area contributed by atoms with Crippen molar-refractivity contribution in [2.24, 2.45) is 0 Å². The van der Waals surface area contributed by atoms with Gasteiger partial charge in [-0.25, -0.2) is 4.79 Å². The van der Waals surface area contributed by atoms with E-state index >= 15 is 0 Å². The summed E-state index contributed by atoms with van der Waals surface area (Å²) in [6.07, 6.45) is 1.65. The van der Waals surface area contributed by atoms with Crippen LogP contribution in [-0.2, 0) is 44.9 Å². The maximum Gasteiger partial charge on any atom is 0.410 e. The lowest BCUT2D eigenvalue weighted by molar-refractivity contribution is -0.145. The lowest BCUT2D eigenvalue weighted by atomic mass is 9.74.